The predicted molar refractivity (Wildman–Crippen MR) is 90.8 cm³/mol. The van der Waals surface area contributed by atoms with Crippen molar-refractivity contribution in [2.45, 2.75) is 19.4 Å². The molecule has 1 atom stereocenters. The molecule has 2 aromatic carbocycles. The second-order valence-electron chi connectivity index (χ2n) is 5.79. The number of hydrogen-bond acceptors (Lipinski definition) is 4. The van der Waals surface area contributed by atoms with Gasteiger partial charge in [-0.05, 0) is 48.2 Å². The Balaban J connectivity index is 2.10. The Bertz CT molecular complexity index is 712. The van der Waals surface area contributed by atoms with Gasteiger partial charge in [-0.2, -0.15) is 0 Å². The molecule has 0 spiro atoms. The average molecular weight is 313 g/mol. The van der Waals surface area contributed by atoms with Gasteiger partial charge in [0, 0.05) is 12.1 Å². The van der Waals surface area contributed by atoms with Crippen molar-refractivity contribution < 1.29 is 14.2 Å². The standard InChI is InChI=1S/C19H23NO3/c1-12-9-13(11-14(10-12)21-2)18-15-5-6-17(22-3)19(23-4)16(15)7-8-20-18/h5-6,9-11,18,20H,7-8H2,1-4H3. The van der Waals surface area contributed by atoms with Crippen LogP contribution >= 0.6 is 0 Å². The van der Waals surface area contributed by atoms with Crippen molar-refractivity contribution in [3.63, 3.8) is 0 Å². The van der Waals surface area contributed by atoms with Crippen LogP contribution in [0.25, 0.3) is 0 Å². The summed E-state index contributed by atoms with van der Waals surface area (Å²) >= 11 is 0. The zero-order chi connectivity index (χ0) is 16.4. The number of fused-ring (bicyclic) bond motifs is 1. The van der Waals surface area contributed by atoms with Crippen LogP contribution in [-0.4, -0.2) is 27.9 Å². The maximum absolute atomic E-state index is 5.61. The van der Waals surface area contributed by atoms with Gasteiger partial charge in [-0.15, -0.1) is 0 Å². The Labute approximate surface area is 137 Å². The lowest BCUT2D eigenvalue weighted by Gasteiger charge is -2.29. The van der Waals surface area contributed by atoms with Gasteiger partial charge in [0.2, 0.25) is 0 Å². The lowest BCUT2D eigenvalue weighted by molar-refractivity contribution is 0.348. The first kappa shape index (κ1) is 15.7. The van der Waals surface area contributed by atoms with Gasteiger partial charge in [-0.3, -0.25) is 0 Å². The molecule has 0 bridgehead atoms. The molecule has 23 heavy (non-hydrogen) atoms. The molecule has 1 aliphatic heterocycles. The van der Waals surface area contributed by atoms with Crippen LogP contribution in [-0.2, 0) is 6.42 Å². The predicted octanol–water partition coefficient (Wildman–Crippen LogP) is 3.26. The third-order valence-electron chi connectivity index (χ3n) is 4.36. The Morgan fingerprint density at radius 2 is 1.83 bits per heavy atom. The summed E-state index contributed by atoms with van der Waals surface area (Å²) in [7, 11) is 5.08. The van der Waals surface area contributed by atoms with E-state index in [4.69, 9.17) is 14.2 Å². The Morgan fingerprint density at radius 1 is 1.00 bits per heavy atom. The van der Waals surface area contributed by atoms with Crippen molar-refractivity contribution in [2.24, 2.45) is 0 Å². The van der Waals surface area contributed by atoms with E-state index >= 15 is 0 Å². The summed E-state index contributed by atoms with van der Waals surface area (Å²) in [6.07, 6.45) is 0.926. The van der Waals surface area contributed by atoms with Crippen molar-refractivity contribution in [3.8, 4) is 17.2 Å². The first-order valence-electron chi connectivity index (χ1n) is 7.80. The van der Waals surface area contributed by atoms with Crippen LogP contribution in [0.1, 0.15) is 28.3 Å². The van der Waals surface area contributed by atoms with E-state index in [2.05, 4.69) is 30.4 Å². The number of aryl methyl sites for hydroxylation is 1. The molecule has 0 aliphatic carbocycles. The summed E-state index contributed by atoms with van der Waals surface area (Å²) in [5, 5.41) is 3.61. The van der Waals surface area contributed by atoms with Crippen LogP contribution in [0.4, 0.5) is 0 Å². The number of ether oxygens (including phenoxy) is 3. The molecule has 2 aromatic rings. The van der Waals surface area contributed by atoms with Crippen LogP contribution in [0.3, 0.4) is 0 Å². The molecule has 1 aliphatic rings. The van der Waals surface area contributed by atoms with Gasteiger partial charge < -0.3 is 19.5 Å². The van der Waals surface area contributed by atoms with Crippen LogP contribution in [0.5, 0.6) is 17.2 Å². The first-order chi connectivity index (χ1) is 11.2. The van der Waals surface area contributed by atoms with E-state index in [9.17, 15) is 0 Å². The zero-order valence-corrected chi connectivity index (χ0v) is 14.1. The highest BCUT2D eigenvalue weighted by Crippen LogP contribution is 2.40. The Hall–Kier alpha value is -2.20. The van der Waals surface area contributed by atoms with Crippen molar-refractivity contribution >= 4 is 0 Å². The summed E-state index contributed by atoms with van der Waals surface area (Å²) < 4.78 is 16.5. The summed E-state index contributed by atoms with van der Waals surface area (Å²) in [6.45, 7) is 2.99. The highest BCUT2D eigenvalue weighted by Gasteiger charge is 2.26. The molecule has 1 heterocycles. The number of benzene rings is 2. The average Bonchev–Trinajstić information content (AvgIpc) is 2.59. The van der Waals surface area contributed by atoms with Crippen molar-refractivity contribution in [1.82, 2.24) is 5.32 Å². The van der Waals surface area contributed by atoms with E-state index in [1.54, 1.807) is 21.3 Å². The fourth-order valence-corrected chi connectivity index (χ4v) is 3.34. The minimum Gasteiger partial charge on any atom is -0.497 e. The monoisotopic (exact) mass is 313 g/mol. The molecule has 0 fully saturated rings. The lowest BCUT2D eigenvalue weighted by atomic mass is 9.88. The molecule has 0 radical (unpaired) electrons. The fraction of sp³-hybridized carbons (Fsp3) is 0.368. The third-order valence-corrected chi connectivity index (χ3v) is 4.36. The Morgan fingerprint density at radius 3 is 2.52 bits per heavy atom. The maximum Gasteiger partial charge on any atom is 0.164 e. The van der Waals surface area contributed by atoms with Gasteiger partial charge in [0.1, 0.15) is 5.75 Å². The second kappa shape index (κ2) is 6.50. The van der Waals surface area contributed by atoms with E-state index < -0.39 is 0 Å². The van der Waals surface area contributed by atoms with Gasteiger partial charge in [0.05, 0.1) is 27.4 Å². The van der Waals surface area contributed by atoms with Crippen LogP contribution < -0.4 is 19.5 Å². The van der Waals surface area contributed by atoms with Crippen molar-refractivity contribution in [2.75, 3.05) is 27.9 Å². The highest BCUT2D eigenvalue weighted by atomic mass is 16.5. The van der Waals surface area contributed by atoms with Crippen molar-refractivity contribution in [1.29, 1.82) is 0 Å². The normalized spacial score (nSPS) is 16.6. The minimum atomic E-state index is 0.132. The molecule has 0 amide bonds. The minimum absolute atomic E-state index is 0.132. The number of methoxy groups -OCH3 is 3. The maximum atomic E-state index is 5.61. The first-order valence-corrected chi connectivity index (χ1v) is 7.80. The number of nitrogens with one attached hydrogen (secondary N) is 1. The van der Waals surface area contributed by atoms with Crippen molar-refractivity contribution in [3.05, 3.63) is 52.6 Å². The molecule has 1 unspecified atom stereocenters. The van der Waals surface area contributed by atoms with Crippen LogP contribution in [0.15, 0.2) is 30.3 Å². The molecule has 122 valence electrons. The van der Waals surface area contributed by atoms with E-state index in [0.717, 1.165) is 30.2 Å². The number of hydrogen-bond donors (Lipinski definition) is 1. The van der Waals surface area contributed by atoms with Crippen LogP contribution in [0, 0.1) is 6.92 Å². The molecule has 0 saturated carbocycles. The number of rotatable bonds is 4. The summed E-state index contributed by atoms with van der Waals surface area (Å²) in [5.74, 6) is 2.51. The van der Waals surface area contributed by atoms with E-state index in [1.807, 2.05) is 12.1 Å². The summed E-state index contributed by atoms with van der Waals surface area (Å²) in [5.41, 5.74) is 4.85. The SMILES string of the molecule is COc1cc(C)cc(C2NCCc3c2ccc(OC)c3OC)c1. The van der Waals surface area contributed by atoms with Gasteiger partial charge >= 0.3 is 0 Å². The molecule has 1 N–H and O–H groups in total. The Kier molecular flexibility index (Phi) is 4.44. The van der Waals surface area contributed by atoms with E-state index in [-0.39, 0.29) is 6.04 Å². The molecule has 4 nitrogen and oxygen atoms in total. The largest absolute Gasteiger partial charge is 0.497 e. The van der Waals surface area contributed by atoms with Gasteiger partial charge in [-0.25, -0.2) is 0 Å². The molecule has 4 heteroatoms. The molecule has 0 saturated heterocycles. The molecule has 0 aromatic heterocycles. The molecule has 3 rings (SSSR count). The highest BCUT2D eigenvalue weighted by molar-refractivity contribution is 5.55. The lowest BCUT2D eigenvalue weighted by Crippen LogP contribution is -2.31. The summed E-state index contributed by atoms with van der Waals surface area (Å²) in [6, 6.07) is 10.6. The van der Waals surface area contributed by atoms with Gasteiger partial charge in [0.25, 0.3) is 0 Å². The summed E-state index contributed by atoms with van der Waals surface area (Å²) in [4.78, 5) is 0. The quantitative estimate of drug-likeness (QED) is 0.940. The zero-order valence-electron chi connectivity index (χ0n) is 14.1. The molecular weight excluding hydrogens is 290 g/mol. The topological polar surface area (TPSA) is 39.7 Å². The van der Waals surface area contributed by atoms with Crippen LogP contribution in [0.2, 0.25) is 0 Å². The fourth-order valence-electron chi connectivity index (χ4n) is 3.34. The van der Waals surface area contributed by atoms with Gasteiger partial charge in [0.15, 0.2) is 11.5 Å². The van der Waals surface area contributed by atoms with E-state index in [1.165, 1.54) is 22.3 Å². The molecular formula is C19H23NO3. The third kappa shape index (κ3) is 2.86. The second-order valence-corrected chi connectivity index (χ2v) is 5.79. The van der Waals surface area contributed by atoms with E-state index in [0.29, 0.717) is 0 Å². The van der Waals surface area contributed by atoms with Gasteiger partial charge in [-0.1, -0.05) is 12.1 Å². The smallest absolute Gasteiger partial charge is 0.164 e.